The van der Waals surface area contributed by atoms with Crippen molar-refractivity contribution in [2.75, 3.05) is 19.6 Å². The molecule has 0 saturated heterocycles. The van der Waals surface area contributed by atoms with Crippen molar-refractivity contribution >= 4 is 0 Å². The highest BCUT2D eigenvalue weighted by atomic mass is 16.3. The Hall–Kier alpha value is -0.120. The molecule has 98 valence electrons. The number of rotatable bonds is 9. The summed E-state index contributed by atoms with van der Waals surface area (Å²) in [6.45, 7) is 10.7. The van der Waals surface area contributed by atoms with E-state index in [1.165, 1.54) is 0 Å². The number of hydrogen-bond acceptors (Lipinski definition) is 3. The average molecular weight is 231 g/mol. The van der Waals surface area contributed by atoms with Crippen LogP contribution in [0.5, 0.6) is 0 Å². The smallest absolute Gasteiger partial charge is 0.0664 e. The Bertz CT molecular complexity index is 150. The molecule has 0 heterocycles. The van der Waals surface area contributed by atoms with Crippen molar-refractivity contribution < 1.29 is 10.2 Å². The van der Waals surface area contributed by atoms with Crippen molar-refractivity contribution in [1.29, 1.82) is 0 Å². The molecule has 0 radical (unpaired) electrons. The van der Waals surface area contributed by atoms with Crippen molar-refractivity contribution in [3.05, 3.63) is 0 Å². The molecule has 0 bridgehead atoms. The van der Waals surface area contributed by atoms with Crippen molar-refractivity contribution in [3.8, 4) is 0 Å². The highest BCUT2D eigenvalue weighted by molar-refractivity contribution is 4.68. The Balaban J connectivity index is 4.04. The Morgan fingerprint density at radius 3 is 1.69 bits per heavy atom. The summed E-state index contributed by atoms with van der Waals surface area (Å²) in [7, 11) is 0. The van der Waals surface area contributed by atoms with E-state index in [2.05, 4.69) is 18.7 Å². The molecule has 0 fully saturated rings. The number of nitrogens with zero attached hydrogens (tertiary/aromatic N) is 1. The maximum Gasteiger partial charge on any atom is 0.0664 e. The molecule has 2 N–H and O–H groups in total. The minimum Gasteiger partial charge on any atom is -0.392 e. The predicted molar refractivity (Wildman–Crippen MR) is 68.5 cm³/mol. The second kappa shape index (κ2) is 8.97. The molecule has 0 amide bonds. The number of aliphatic hydroxyl groups excluding tert-OH is 2. The van der Waals surface area contributed by atoms with Gasteiger partial charge in [-0.1, -0.05) is 27.7 Å². The van der Waals surface area contributed by atoms with Crippen molar-refractivity contribution in [3.63, 3.8) is 0 Å². The zero-order valence-corrected chi connectivity index (χ0v) is 11.3. The van der Waals surface area contributed by atoms with E-state index >= 15 is 0 Å². The summed E-state index contributed by atoms with van der Waals surface area (Å²) < 4.78 is 0. The lowest BCUT2D eigenvalue weighted by molar-refractivity contribution is 0.0640. The average Bonchev–Trinajstić information content (AvgIpc) is 2.25. The molecule has 0 aromatic heterocycles. The van der Waals surface area contributed by atoms with Crippen LogP contribution in [0.2, 0.25) is 0 Å². The summed E-state index contributed by atoms with van der Waals surface area (Å²) in [6, 6.07) is 0. The maximum absolute atomic E-state index is 9.66. The van der Waals surface area contributed by atoms with E-state index in [0.29, 0.717) is 19.0 Å². The van der Waals surface area contributed by atoms with E-state index in [9.17, 15) is 10.2 Å². The summed E-state index contributed by atoms with van der Waals surface area (Å²) in [5.74, 6) is 0.667. The van der Waals surface area contributed by atoms with Crippen LogP contribution in [0.1, 0.15) is 47.0 Å². The lowest BCUT2D eigenvalue weighted by atomic mass is 10.1. The molecular formula is C13H29NO2. The van der Waals surface area contributed by atoms with Gasteiger partial charge >= 0.3 is 0 Å². The van der Waals surface area contributed by atoms with Crippen LogP contribution in [0, 0.1) is 5.92 Å². The van der Waals surface area contributed by atoms with Gasteiger partial charge in [0.05, 0.1) is 12.2 Å². The van der Waals surface area contributed by atoms with Crippen LogP contribution in [0.15, 0.2) is 0 Å². The Morgan fingerprint density at radius 1 is 0.938 bits per heavy atom. The van der Waals surface area contributed by atoms with Crippen molar-refractivity contribution in [2.45, 2.75) is 59.2 Å². The summed E-state index contributed by atoms with van der Waals surface area (Å²) in [4.78, 5) is 2.18. The Kier molecular flexibility index (Phi) is 8.90. The first-order valence-electron chi connectivity index (χ1n) is 6.58. The van der Waals surface area contributed by atoms with Gasteiger partial charge in [-0.3, -0.25) is 4.90 Å². The van der Waals surface area contributed by atoms with Crippen LogP contribution in [-0.4, -0.2) is 47.0 Å². The first-order chi connectivity index (χ1) is 7.49. The second-order valence-corrected chi connectivity index (χ2v) is 5.07. The van der Waals surface area contributed by atoms with Crippen LogP contribution in [0.3, 0.4) is 0 Å². The number of hydrogen-bond donors (Lipinski definition) is 2. The first kappa shape index (κ1) is 15.9. The summed E-state index contributed by atoms with van der Waals surface area (Å²) >= 11 is 0. The third-order valence-corrected chi connectivity index (χ3v) is 2.90. The van der Waals surface area contributed by atoms with E-state index in [0.717, 1.165) is 25.8 Å². The Morgan fingerprint density at radius 2 is 1.38 bits per heavy atom. The van der Waals surface area contributed by atoms with E-state index in [-0.39, 0.29) is 12.2 Å². The maximum atomic E-state index is 9.66. The standard InChI is InChI=1S/C13H29NO2/c1-5-12(15)9-14(8-7-11(3)4)10-13(16)6-2/h11-13,15-16H,5-10H2,1-4H3. The molecule has 0 rings (SSSR count). The molecule has 0 aromatic carbocycles. The fraction of sp³-hybridized carbons (Fsp3) is 1.00. The zero-order valence-electron chi connectivity index (χ0n) is 11.3. The Labute approximate surface area is 100 Å². The molecule has 0 saturated carbocycles. The van der Waals surface area contributed by atoms with E-state index in [1.807, 2.05) is 13.8 Å². The van der Waals surface area contributed by atoms with Gasteiger partial charge in [0.2, 0.25) is 0 Å². The van der Waals surface area contributed by atoms with Crippen molar-refractivity contribution in [2.24, 2.45) is 5.92 Å². The van der Waals surface area contributed by atoms with Crippen LogP contribution in [-0.2, 0) is 0 Å². The minimum atomic E-state index is -0.267. The van der Waals surface area contributed by atoms with Gasteiger partial charge in [0, 0.05) is 13.1 Å². The monoisotopic (exact) mass is 231 g/mol. The lowest BCUT2D eigenvalue weighted by Crippen LogP contribution is -2.38. The second-order valence-electron chi connectivity index (χ2n) is 5.07. The summed E-state index contributed by atoms with van der Waals surface area (Å²) in [6.07, 6.45) is 2.14. The molecule has 3 heteroatoms. The van der Waals surface area contributed by atoms with Gasteiger partial charge in [0.15, 0.2) is 0 Å². The SMILES string of the molecule is CCC(O)CN(CCC(C)C)CC(O)CC. The van der Waals surface area contributed by atoms with Gasteiger partial charge < -0.3 is 10.2 Å². The largest absolute Gasteiger partial charge is 0.392 e. The molecule has 2 atom stereocenters. The molecule has 0 spiro atoms. The van der Waals surface area contributed by atoms with Crippen LogP contribution in [0.25, 0.3) is 0 Å². The van der Waals surface area contributed by atoms with Crippen LogP contribution < -0.4 is 0 Å². The lowest BCUT2D eigenvalue weighted by Gasteiger charge is -2.27. The van der Waals surface area contributed by atoms with Gasteiger partial charge in [-0.05, 0) is 31.7 Å². The molecule has 2 unspecified atom stereocenters. The van der Waals surface area contributed by atoms with Gasteiger partial charge in [-0.15, -0.1) is 0 Å². The topological polar surface area (TPSA) is 43.7 Å². The summed E-state index contributed by atoms with van der Waals surface area (Å²) in [5, 5.41) is 19.3. The highest BCUT2D eigenvalue weighted by Gasteiger charge is 2.14. The number of aliphatic hydroxyl groups is 2. The molecule has 0 aliphatic rings. The van der Waals surface area contributed by atoms with Crippen molar-refractivity contribution in [1.82, 2.24) is 4.90 Å². The zero-order chi connectivity index (χ0) is 12.6. The van der Waals surface area contributed by atoms with E-state index < -0.39 is 0 Å². The fourth-order valence-corrected chi connectivity index (χ4v) is 1.55. The quantitative estimate of drug-likeness (QED) is 0.637. The van der Waals surface area contributed by atoms with Crippen LogP contribution in [0.4, 0.5) is 0 Å². The first-order valence-corrected chi connectivity index (χ1v) is 6.58. The third kappa shape index (κ3) is 8.08. The van der Waals surface area contributed by atoms with Gasteiger partial charge in [0.1, 0.15) is 0 Å². The highest BCUT2D eigenvalue weighted by Crippen LogP contribution is 2.06. The molecule has 0 aromatic rings. The molecule has 0 aliphatic heterocycles. The van der Waals surface area contributed by atoms with Gasteiger partial charge in [0.25, 0.3) is 0 Å². The van der Waals surface area contributed by atoms with E-state index in [1.54, 1.807) is 0 Å². The van der Waals surface area contributed by atoms with E-state index in [4.69, 9.17) is 0 Å². The molecule has 0 aliphatic carbocycles. The minimum absolute atomic E-state index is 0.267. The van der Waals surface area contributed by atoms with Gasteiger partial charge in [-0.25, -0.2) is 0 Å². The van der Waals surface area contributed by atoms with Gasteiger partial charge in [-0.2, -0.15) is 0 Å². The molecule has 16 heavy (non-hydrogen) atoms. The molecule has 3 nitrogen and oxygen atoms in total. The third-order valence-electron chi connectivity index (χ3n) is 2.90. The van der Waals surface area contributed by atoms with Crippen LogP contribution >= 0.6 is 0 Å². The normalized spacial score (nSPS) is 15.8. The summed E-state index contributed by atoms with van der Waals surface area (Å²) in [5.41, 5.74) is 0. The predicted octanol–water partition coefficient (Wildman–Crippen LogP) is 1.88. The fourth-order valence-electron chi connectivity index (χ4n) is 1.55. The molecular weight excluding hydrogens is 202 g/mol.